The number of carbonyl (C=O) groups excluding carboxylic acids is 2. The maximum absolute atomic E-state index is 15.0. The minimum atomic E-state index is -3.53. The van der Waals surface area contributed by atoms with Crippen molar-refractivity contribution in [2.45, 2.75) is 20.8 Å². The summed E-state index contributed by atoms with van der Waals surface area (Å²) < 4.78 is 20.4. The maximum Gasteiger partial charge on any atom is 0.311 e. The second-order valence-corrected chi connectivity index (χ2v) is 13.7. The number of fused-ring (bicyclic) bond motifs is 1. The van der Waals surface area contributed by atoms with Gasteiger partial charge < -0.3 is 14.2 Å². The number of carbonyl (C=O) groups is 2. The van der Waals surface area contributed by atoms with Crippen LogP contribution in [-0.2, 0) is 4.57 Å². The fourth-order valence-electron chi connectivity index (χ4n) is 5.99. The molecule has 3 aromatic rings. The van der Waals surface area contributed by atoms with Crippen LogP contribution in [0.3, 0.4) is 0 Å². The molecule has 14 heteroatoms. The largest absolute Gasteiger partial charge is 0.313 e. The first-order valence-electron chi connectivity index (χ1n) is 14.6. The first-order chi connectivity index (χ1) is 20.6. The van der Waals surface area contributed by atoms with Crippen molar-refractivity contribution in [3.05, 3.63) is 80.1 Å². The summed E-state index contributed by atoms with van der Waals surface area (Å²) in [5.74, 6) is -1.02. The first kappa shape index (κ1) is 31.3. The van der Waals surface area contributed by atoms with E-state index in [4.69, 9.17) is 11.6 Å². The van der Waals surface area contributed by atoms with Crippen molar-refractivity contribution >= 4 is 42.1 Å². The number of hydrogen-bond acceptors (Lipinski definition) is 7. The van der Waals surface area contributed by atoms with E-state index in [9.17, 15) is 24.3 Å². The predicted molar refractivity (Wildman–Crippen MR) is 166 cm³/mol. The van der Waals surface area contributed by atoms with Crippen molar-refractivity contribution in [1.29, 1.82) is 0 Å². The van der Waals surface area contributed by atoms with Gasteiger partial charge in [0.1, 0.15) is 5.02 Å². The summed E-state index contributed by atoms with van der Waals surface area (Å²) >= 11 is 5.99. The number of piperazine rings is 2. The van der Waals surface area contributed by atoms with Gasteiger partial charge in [0.25, 0.3) is 11.6 Å². The van der Waals surface area contributed by atoms with E-state index >= 15 is 0 Å². The van der Waals surface area contributed by atoms with Gasteiger partial charge >= 0.3 is 7.59 Å². The molecule has 4 heterocycles. The molecule has 43 heavy (non-hydrogen) atoms. The smallest absolute Gasteiger partial charge is 0.311 e. The zero-order valence-corrected chi connectivity index (χ0v) is 26.3. The third-order valence-corrected chi connectivity index (χ3v) is 11.7. The number of likely N-dealkylation sites (N-methyl/N-ethyl adjacent to an activating group) is 2. The number of aromatic nitrogens is 1. The molecule has 230 valence electrons. The molecule has 2 aliphatic rings. The van der Waals surface area contributed by atoms with Crippen molar-refractivity contribution in [2.24, 2.45) is 0 Å². The van der Waals surface area contributed by atoms with Crippen LogP contribution in [0.25, 0.3) is 5.52 Å². The van der Waals surface area contributed by atoms with E-state index in [1.807, 2.05) is 9.34 Å². The molecular weight excluding hydrogens is 593 g/mol. The van der Waals surface area contributed by atoms with Gasteiger partial charge in [0.2, 0.25) is 5.78 Å². The number of benzene rings is 1. The normalized spacial score (nSPS) is 17.8. The standard InChI is InChI=1S/C29H37ClN7O5P/c1-4-32-12-16-34(17-13-32)43(42,35-18-14-33(5-2)15-19-35)31-29(39)26-21(3)27(36-11-7-6-8-24(26)36)28(38)22-9-10-23(30)25(20-22)37(40)41/h6-11,20H,4-5,12-19H2,1-3H3,(H,31,39,42). The van der Waals surface area contributed by atoms with E-state index in [0.717, 1.165) is 45.3 Å². The van der Waals surface area contributed by atoms with Gasteiger partial charge in [0, 0.05) is 70.2 Å². The molecule has 0 bridgehead atoms. The fourth-order valence-corrected chi connectivity index (χ4v) is 8.63. The molecule has 0 atom stereocenters. The van der Waals surface area contributed by atoms with Crippen LogP contribution in [0.2, 0.25) is 5.02 Å². The van der Waals surface area contributed by atoms with Gasteiger partial charge in [-0.1, -0.05) is 31.5 Å². The van der Waals surface area contributed by atoms with Gasteiger partial charge in [-0.15, -0.1) is 0 Å². The van der Waals surface area contributed by atoms with E-state index < -0.39 is 24.2 Å². The molecule has 0 spiro atoms. The number of hydrogen-bond donors (Lipinski definition) is 1. The van der Waals surface area contributed by atoms with E-state index in [-0.39, 0.29) is 27.5 Å². The van der Waals surface area contributed by atoms with Crippen LogP contribution in [0.5, 0.6) is 0 Å². The molecule has 1 N–H and O–H groups in total. The summed E-state index contributed by atoms with van der Waals surface area (Å²) in [5.41, 5.74) is 0.998. The van der Waals surface area contributed by atoms with Gasteiger partial charge in [0.05, 0.1) is 21.7 Å². The Morgan fingerprint density at radius 1 is 0.953 bits per heavy atom. The van der Waals surface area contributed by atoms with Crippen LogP contribution in [0.1, 0.15) is 45.8 Å². The van der Waals surface area contributed by atoms with E-state index in [1.54, 1.807) is 35.7 Å². The topological polar surface area (TPSA) is 124 Å². The zero-order valence-electron chi connectivity index (χ0n) is 24.7. The van der Waals surface area contributed by atoms with Crippen LogP contribution < -0.4 is 5.09 Å². The van der Waals surface area contributed by atoms with E-state index in [1.165, 1.54) is 12.1 Å². The lowest BCUT2D eigenvalue weighted by molar-refractivity contribution is -0.384. The van der Waals surface area contributed by atoms with Crippen LogP contribution in [0, 0.1) is 17.0 Å². The molecule has 2 aromatic heterocycles. The highest BCUT2D eigenvalue weighted by Crippen LogP contribution is 2.50. The summed E-state index contributed by atoms with van der Waals surface area (Å²) in [7, 11) is -3.53. The van der Waals surface area contributed by atoms with Crippen LogP contribution in [-0.4, -0.2) is 106 Å². The molecule has 1 amide bonds. The second kappa shape index (κ2) is 12.9. The summed E-state index contributed by atoms with van der Waals surface area (Å²) in [6.07, 6.45) is 1.67. The Kier molecular flexibility index (Phi) is 9.36. The summed E-state index contributed by atoms with van der Waals surface area (Å²) in [6.45, 7) is 13.0. The van der Waals surface area contributed by atoms with Crippen molar-refractivity contribution in [1.82, 2.24) is 28.6 Å². The average Bonchev–Trinajstić information content (AvgIpc) is 3.32. The van der Waals surface area contributed by atoms with Crippen LogP contribution >= 0.6 is 19.2 Å². The Balaban J connectivity index is 1.53. The maximum atomic E-state index is 15.0. The van der Waals surface area contributed by atoms with Crippen molar-refractivity contribution in [3.63, 3.8) is 0 Å². The molecule has 0 unspecified atom stereocenters. The molecule has 0 aliphatic carbocycles. The lowest BCUT2D eigenvalue weighted by atomic mass is 10.0. The number of halogens is 1. The van der Waals surface area contributed by atoms with Gasteiger partial charge in [-0.3, -0.25) is 29.4 Å². The Bertz CT molecular complexity index is 1570. The first-order valence-corrected chi connectivity index (χ1v) is 16.5. The molecule has 2 fully saturated rings. The van der Waals surface area contributed by atoms with E-state index in [0.29, 0.717) is 37.3 Å². The van der Waals surface area contributed by atoms with E-state index in [2.05, 4.69) is 28.7 Å². The second-order valence-electron chi connectivity index (χ2n) is 10.8. The molecule has 0 saturated carbocycles. The Labute approximate surface area is 255 Å². The lowest BCUT2D eigenvalue weighted by Gasteiger charge is -2.45. The van der Waals surface area contributed by atoms with Gasteiger partial charge in [-0.05, 0) is 49.8 Å². The number of nitro groups is 1. The molecule has 12 nitrogen and oxygen atoms in total. The predicted octanol–water partition coefficient (Wildman–Crippen LogP) is 4.15. The monoisotopic (exact) mass is 629 g/mol. The molecule has 1 aromatic carbocycles. The Morgan fingerprint density at radius 2 is 1.53 bits per heavy atom. The zero-order chi connectivity index (χ0) is 30.9. The Morgan fingerprint density at radius 3 is 2.07 bits per heavy atom. The molecule has 0 radical (unpaired) electrons. The van der Waals surface area contributed by atoms with Gasteiger partial charge in [0.15, 0.2) is 0 Å². The molecule has 2 saturated heterocycles. The third-order valence-electron chi connectivity index (χ3n) is 8.54. The van der Waals surface area contributed by atoms with Crippen molar-refractivity contribution in [2.75, 3.05) is 65.4 Å². The SMILES string of the molecule is CCN1CCN(P(=O)(NC(=O)c2c(C)c(C(=O)c3ccc(Cl)c([N+](=O)[O-])c3)n3ccccc23)N2CCN(CC)CC2)CC1. The third kappa shape index (κ3) is 6.00. The van der Waals surface area contributed by atoms with Crippen LogP contribution in [0.4, 0.5) is 5.69 Å². The highest BCUT2D eigenvalue weighted by molar-refractivity contribution is 7.57. The number of nitrogens with zero attached hydrogens (tertiary/aromatic N) is 6. The number of amides is 1. The summed E-state index contributed by atoms with van der Waals surface area (Å²) in [5, 5.41) is 14.4. The molecular formula is C29H37ClN7O5P. The average molecular weight is 630 g/mol. The number of nitrogens with one attached hydrogen (secondary N) is 1. The number of nitro benzene ring substituents is 1. The lowest BCUT2D eigenvalue weighted by Crippen LogP contribution is -2.53. The molecule has 5 rings (SSSR count). The van der Waals surface area contributed by atoms with Gasteiger partial charge in [-0.25, -0.2) is 9.34 Å². The number of ketones is 1. The highest BCUT2D eigenvalue weighted by atomic mass is 35.5. The summed E-state index contributed by atoms with van der Waals surface area (Å²) in [6, 6.07) is 9.12. The van der Waals surface area contributed by atoms with Gasteiger partial charge in [-0.2, -0.15) is 0 Å². The van der Waals surface area contributed by atoms with Crippen molar-refractivity contribution in [3.8, 4) is 0 Å². The number of rotatable bonds is 9. The fraction of sp³-hybridized carbons (Fsp3) is 0.448. The Hall–Kier alpha value is -3.12. The molecule has 2 aliphatic heterocycles. The van der Waals surface area contributed by atoms with Crippen molar-refractivity contribution < 1.29 is 19.1 Å². The minimum Gasteiger partial charge on any atom is -0.313 e. The highest BCUT2D eigenvalue weighted by Gasteiger charge is 2.42. The number of pyridine rings is 1. The summed E-state index contributed by atoms with van der Waals surface area (Å²) in [4.78, 5) is 43.4. The van der Waals surface area contributed by atoms with Crippen LogP contribution in [0.15, 0.2) is 42.6 Å². The minimum absolute atomic E-state index is 0.0719. The quantitative estimate of drug-likeness (QED) is 0.161.